The summed E-state index contributed by atoms with van der Waals surface area (Å²) in [6.45, 7) is 3.14. The number of fused-ring (bicyclic) bond motifs is 2. The normalized spacial score (nSPS) is 22.6. The van der Waals surface area contributed by atoms with Crippen LogP contribution in [-0.4, -0.2) is 34.7 Å². The molecule has 5 heteroatoms. The molecule has 1 aliphatic heterocycles. The highest BCUT2D eigenvalue weighted by Gasteiger charge is 2.43. The fourth-order valence-electron chi connectivity index (χ4n) is 4.17. The molecular weight excluding hydrogens is 326 g/mol. The van der Waals surface area contributed by atoms with Crippen molar-refractivity contribution in [1.29, 1.82) is 0 Å². The van der Waals surface area contributed by atoms with Gasteiger partial charge in [-0.15, -0.1) is 0 Å². The van der Waals surface area contributed by atoms with Crippen LogP contribution in [0.2, 0.25) is 0 Å². The quantitative estimate of drug-likeness (QED) is 0.727. The Hall–Kier alpha value is -2.50. The van der Waals surface area contributed by atoms with Gasteiger partial charge in [-0.3, -0.25) is 4.90 Å². The van der Waals surface area contributed by atoms with Crippen LogP contribution in [0.1, 0.15) is 23.4 Å². The van der Waals surface area contributed by atoms with E-state index in [9.17, 15) is 0 Å². The fraction of sp³-hybridized carbons (Fsp3) is 0.333. The lowest BCUT2D eigenvalue weighted by Gasteiger charge is -2.40. The molecule has 1 aromatic heterocycles. The number of benzene rings is 2. The van der Waals surface area contributed by atoms with Crippen LogP contribution >= 0.6 is 0 Å². The van der Waals surface area contributed by atoms with E-state index < -0.39 is 0 Å². The lowest BCUT2D eigenvalue weighted by atomic mass is 9.93. The Morgan fingerprint density at radius 3 is 2.81 bits per heavy atom. The van der Waals surface area contributed by atoms with E-state index in [0.717, 1.165) is 38.1 Å². The lowest BCUT2D eigenvalue weighted by molar-refractivity contribution is -0.117. The highest BCUT2D eigenvalue weighted by atomic mass is 16.5. The first-order chi connectivity index (χ1) is 12.8. The molecular formula is C21H21N3O2. The van der Waals surface area contributed by atoms with Crippen molar-refractivity contribution in [2.75, 3.05) is 19.7 Å². The molecule has 1 aliphatic carbocycles. The van der Waals surface area contributed by atoms with Crippen LogP contribution in [0.25, 0.3) is 11.4 Å². The van der Waals surface area contributed by atoms with Crippen molar-refractivity contribution in [1.82, 2.24) is 15.0 Å². The second kappa shape index (κ2) is 6.34. The molecule has 2 heterocycles. The van der Waals surface area contributed by atoms with Gasteiger partial charge in [0, 0.05) is 18.7 Å². The Morgan fingerprint density at radius 2 is 1.88 bits per heavy atom. The molecule has 0 radical (unpaired) electrons. The van der Waals surface area contributed by atoms with Gasteiger partial charge in [0.05, 0.1) is 13.2 Å². The number of hydrogen-bond donors (Lipinski definition) is 0. The lowest BCUT2D eigenvalue weighted by Crippen LogP contribution is -2.48. The van der Waals surface area contributed by atoms with Gasteiger partial charge in [0.2, 0.25) is 11.7 Å². The summed E-state index contributed by atoms with van der Waals surface area (Å²) in [6, 6.07) is 18.6. The van der Waals surface area contributed by atoms with Gasteiger partial charge >= 0.3 is 0 Å². The first-order valence-corrected chi connectivity index (χ1v) is 9.15. The number of morpholine rings is 1. The Balaban J connectivity index is 1.34. The highest BCUT2D eigenvalue weighted by molar-refractivity contribution is 5.53. The predicted molar refractivity (Wildman–Crippen MR) is 97.4 cm³/mol. The molecule has 132 valence electrons. The van der Waals surface area contributed by atoms with Gasteiger partial charge in [0.1, 0.15) is 5.60 Å². The molecule has 1 unspecified atom stereocenters. The van der Waals surface area contributed by atoms with Crippen LogP contribution in [0.3, 0.4) is 0 Å². The Labute approximate surface area is 152 Å². The van der Waals surface area contributed by atoms with E-state index in [4.69, 9.17) is 9.26 Å². The largest absolute Gasteiger partial charge is 0.368 e. The average Bonchev–Trinajstić information content (AvgIpc) is 3.29. The van der Waals surface area contributed by atoms with E-state index in [1.165, 1.54) is 11.1 Å². The summed E-state index contributed by atoms with van der Waals surface area (Å²) in [4.78, 5) is 6.94. The molecule has 1 spiro atoms. The maximum Gasteiger partial charge on any atom is 0.241 e. The third-order valence-electron chi connectivity index (χ3n) is 5.43. The summed E-state index contributed by atoms with van der Waals surface area (Å²) in [5.41, 5.74) is 3.56. The van der Waals surface area contributed by atoms with Gasteiger partial charge in [-0.1, -0.05) is 59.8 Å². The van der Waals surface area contributed by atoms with Gasteiger partial charge in [0.25, 0.3) is 0 Å². The summed E-state index contributed by atoms with van der Waals surface area (Å²) in [5, 5.41) is 4.13. The molecule has 5 rings (SSSR count). The van der Waals surface area contributed by atoms with Crippen LogP contribution < -0.4 is 0 Å². The van der Waals surface area contributed by atoms with E-state index in [0.29, 0.717) is 18.3 Å². The molecule has 0 N–H and O–H groups in total. The molecule has 2 aromatic carbocycles. The second-order valence-corrected chi connectivity index (χ2v) is 7.09. The molecule has 3 aromatic rings. The van der Waals surface area contributed by atoms with Crippen molar-refractivity contribution >= 4 is 0 Å². The van der Waals surface area contributed by atoms with Crippen LogP contribution in [-0.2, 0) is 23.3 Å². The second-order valence-electron chi connectivity index (χ2n) is 7.09. The maximum atomic E-state index is 6.29. The molecule has 0 amide bonds. The van der Waals surface area contributed by atoms with Crippen molar-refractivity contribution in [2.45, 2.75) is 25.0 Å². The molecule has 2 aliphatic rings. The third-order valence-corrected chi connectivity index (χ3v) is 5.43. The first-order valence-electron chi connectivity index (χ1n) is 9.15. The van der Waals surface area contributed by atoms with Crippen LogP contribution in [0.5, 0.6) is 0 Å². The van der Waals surface area contributed by atoms with Gasteiger partial charge < -0.3 is 9.26 Å². The Bertz CT molecular complexity index is 904. The number of nitrogens with zero attached hydrogens (tertiary/aromatic N) is 3. The van der Waals surface area contributed by atoms with E-state index in [1.54, 1.807) is 0 Å². The van der Waals surface area contributed by atoms with Crippen molar-refractivity contribution in [3.8, 4) is 11.4 Å². The van der Waals surface area contributed by atoms with E-state index in [-0.39, 0.29) is 5.60 Å². The number of hydrogen-bond acceptors (Lipinski definition) is 5. The molecule has 1 fully saturated rings. The monoisotopic (exact) mass is 347 g/mol. The third kappa shape index (κ3) is 2.73. The minimum absolute atomic E-state index is 0.183. The zero-order valence-electron chi connectivity index (χ0n) is 14.6. The zero-order chi connectivity index (χ0) is 17.4. The Kier molecular flexibility index (Phi) is 3.84. The SMILES string of the molecule is c1ccc(-c2noc(CN3CCOC4(CCc5ccccc54)C3)n2)cc1. The van der Waals surface area contributed by atoms with Crippen LogP contribution in [0.15, 0.2) is 59.1 Å². The highest BCUT2D eigenvalue weighted by Crippen LogP contribution is 2.42. The molecule has 0 bridgehead atoms. The van der Waals surface area contributed by atoms with Gasteiger partial charge in [-0.05, 0) is 24.0 Å². The van der Waals surface area contributed by atoms with E-state index in [2.05, 4.69) is 39.3 Å². The zero-order valence-corrected chi connectivity index (χ0v) is 14.6. The number of rotatable bonds is 3. The topological polar surface area (TPSA) is 51.4 Å². The van der Waals surface area contributed by atoms with Crippen molar-refractivity contribution in [3.63, 3.8) is 0 Å². The van der Waals surface area contributed by atoms with Crippen molar-refractivity contribution < 1.29 is 9.26 Å². The van der Waals surface area contributed by atoms with Gasteiger partial charge in [-0.2, -0.15) is 4.98 Å². The van der Waals surface area contributed by atoms with Crippen molar-refractivity contribution in [2.24, 2.45) is 0 Å². The summed E-state index contributed by atoms with van der Waals surface area (Å²) >= 11 is 0. The predicted octanol–water partition coefficient (Wildman–Crippen LogP) is 3.41. The number of aromatic nitrogens is 2. The average molecular weight is 347 g/mol. The van der Waals surface area contributed by atoms with Gasteiger partial charge in [-0.25, -0.2) is 0 Å². The number of aryl methyl sites for hydroxylation is 1. The summed E-state index contributed by atoms with van der Waals surface area (Å²) < 4.78 is 11.8. The molecule has 26 heavy (non-hydrogen) atoms. The summed E-state index contributed by atoms with van der Waals surface area (Å²) in [7, 11) is 0. The van der Waals surface area contributed by atoms with E-state index in [1.807, 2.05) is 30.3 Å². The van der Waals surface area contributed by atoms with Crippen molar-refractivity contribution in [3.05, 3.63) is 71.6 Å². The summed E-state index contributed by atoms with van der Waals surface area (Å²) in [5.74, 6) is 1.31. The minimum atomic E-state index is -0.183. The maximum absolute atomic E-state index is 6.29. The summed E-state index contributed by atoms with van der Waals surface area (Å²) in [6.07, 6.45) is 2.13. The smallest absolute Gasteiger partial charge is 0.241 e. The Morgan fingerprint density at radius 1 is 1.04 bits per heavy atom. The first kappa shape index (κ1) is 15.7. The fourth-order valence-corrected chi connectivity index (χ4v) is 4.17. The number of ether oxygens (including phenoxy) is 1. The standard InChI is InChI=1S/C21H21N3O2/c1-2-7-17(8-3-1)20-22-19(26-23-20)14-24-12-13-25-21(15-24)11-10-16-6-4-5-9-18(16)21/h1-9H,10-15H2. The molecule has 5 nitrogen and oxygen atoms in total. The van der Waals surface area contributed by atoms with Gasteiger partial charge in [0.15, 0.2) is 0 Å². The molecule has 1 saturated heterocycles. The molecule has 1 atom stereocenters. The van der Waals surface area contributed by atoms with E-state index >= 15 is 0 Å². The van der Waals surface area contributed by atoms with Crippen LogP contribution in [0, 0.1) is 0 Å². The molecule has 0 saturated carbocycles. The minimum Gasteiger partial charge on any atom is -0.368 e. The van der Waals surface area contributed by atoms with Crippen LogP contribution in [0.4, 0.5) is 0 Å².